The molecule has 30 heavy (non-hydrogen) atoms. The number of carbonyl (C=O) groups is 1. The maximum Gasteiger partial charge on any atom is 0.323 e. The summed E-state index contributed by atoms with van der Waals surface area (Å²) in [6.07, 6.45) is 0.585. The van der Waals surface area contributed by atoms with Crippen molar-refractivity contribution in [1.29, 1.82) is 0 Å². The zero-order valence-corrected chi connectivity index (χ0v) is 17.2. The van der Waals surface area contributed by atoms with E-state index < -0.39 is 21.9 Å². The second-order valence-electron chi connectivity index (χ2n) is 6.69. The van der Waals surface area contributed by atoms with Crippen molar-refractivity contribution >= 4 is 44.7 Å². The molecule has 0 atom stereocenters. The van der Waals surface area contributed by atoms with Gasteiger partial charge in [0.05, 0.1) is 15.6 Å². The van der Waals surface area contributed by atoms with Crippen LogP contribution < -0.4 is 14.9 Å². The Morgan fingerprint density at radius 3 is 2.33 bits per heavy atom. The predicted molar refractivity (Wildman–Crippen MR) is 115 cm³/mol. The van der Waals surface area contributed by atoms with Gasteiger partial charge in [-0.25, -0.2) is 17.6 Å². The van der Waals surface area contributed by atoms with Gasteiger partial charge in [-0.3, -0.25) is 4.31 Å². The van der Waals surface area contributed by atoms with Crippen LogP contribution in [0, 0.1) is 5.82 Å². The fourth-order valence-corrected chi connectivity index (χ4v) is 4.96. The number of urea groups is 1. The average molecular weight is 446 g/mol. The molecule has 0 fully saturated rings. The van der Waals surface area contributed by atoms with Gasteiger partial charge in [-0.15, -0.1) is 0 Å². The van der Waals surface area contributed by atoms with Crippen molar-refractivity contribution in [2.75, 3.05) is 21.5 Å². The Bertz CT molecular complexity index is 1220. The molecule has 1 aliphatic heterocycles. The molecular weight excluding hydrogens is 429 g/mol. The SMILES string of the molecule is O=C(Nc1ccc(F)c(Cl)c1)Nc1ccc2c(c1)N(S(=O)(=O)c1ccccc1)CC2. The molecular formula is C21H17ClFN3O3S. The first-order valence-electron chi connectivity index (χ1n) is 9.08. The van der Waals surface area contributed by atoms with Crippen molar-refractivity contribution in [2.45, 2.75) is 11.3 Å². The highest BCUT2D eigenvalue weighted by atomic mass is 35.5. The van der Waals surface area contributed by atoms with Gasteiger partial charge in [0.15, 0.2) is 0 Å². The van der Waals surface area contributed by atoms with Crippen LogP contribution in [0.2, 0.25) is 5.02 Å². The number of nitrogens with one attached hydrogen (secondary N) is 2. The van der Waals surface area contributed by atoms with E-state index in [-0.39, 0.29) is 9.92 Å². The normalized spacial score (nSPS) is 13.1. The van der Waals surface area contributed by atoms with Crippen LogP contribution in [-0.2, 0) is 16.4 Å². The Balaban J connectivity index is 1.54. The van der Waals surface area contributed by atoms with Gasteiger partial charge in [0.1, 0.15) is 5.82 Å². The third-order valence-electron chi connectivity index (χ3n) is 4.70. The Morgan fingerprint density at radius 1 is 0.967 bits per heavy atom. The maximum absolute atomic E-state index is 13.3. The van der Waals surface area contributed by atoms with Gasteiger partial charge in [-0.2, -0.15) is 0 Å². The molecule has 0 bridgehead atoms. The Morgan fingerprint density at radius 2 is 1.63 bits per heavy atom. The molecule has 0 unspecified atom stereocenters. The first-order valence-corrected chi connectivity index (χ1v) is 10.9. The Labute approximate surface area is 178 Å². The number of hydrogen-bond acceptors (Lipinski definition) is 3. The van der Waals surface area contributed by atoms with Crippen LogP contribution in [0.1, 0.15) is 5.56 Å². The lowest BCUT2D eigenvalue weighted by Crippen LogP contribution is -2.29. The fourth-order valence-electron chi connectivity index (χ4n) is 3.26. The lowest BCUT2D eigenvalue weighted by Gasteiger charge is -2.20. The number of halogens is 2. The number of sulfonamides is 1. The van der Waals surface area contributed by atoms with Crippen LogP contribution in [-0.4, -0.2) is 21.0 Å². The fraction of sp³-hybridized carbons (Fsp3) is 0.0952. The van der Waals surface area contributed by atoms with Crippen molar-refractivity contribution in [1.82, 2.24) is 0 Å². The second kappa shape index (κ2) is 7.97. The van der Waals surface area contributed by atoms with Crippen LogP contribution in [0.3, 0.4) is 0 Å². The van der Waals surface area contributed by atoms with E-state index in [4.69, 9.17) is 11.6 Å². The van der Waals surface area contributed by atoms with E-state index in [1.807, 2.05) is 0 Å². The lowest BCUT2D eigenvalue weighted by atomic mass is 10.1. The highest BCUT2D eigenvalue weighted by Gasteiger charge is 2.31. The summed E-state index contributed by atoms with van der Waals surface area (Å²) < 4.78 is 40.6. The summed E-state index contributed by atoms with van der Waals surface area (Å²) in [5.41, 5.74) is 2.16. The molecule has 1 aliphatic rings. The molecule has 1 heterocycles. The van der Waals surface area contributed by atoms with E-state index in [2.05, 4.69) is 10.6 Å². The molecule has 2 amide bonds. The number of rotatable bonds is 4. The minimum absolute atomic E-state index is 0.105. The van der Waals surface area contributed by atoms with Crippen molar-refractivity contribution in [3.63, 3.8) is 0 Å². The molecule has 6 nitrogen and oxygen atoms in total. The van der Waals surface area contributed by atoms with Gasteiger partial charge in [0, 0.05) is 17.9 Å². The number of benzene rings is 3. The quantitative estimate of drug-likeness (QED) is 0.601. The van der Waals surface area contributed by atoms with Crippen LogP contribution in [0.4, 0.5) is 26.2 Å². The van der Waals surface area contributed by atoms with Crippen molar-refractivity contribution in [3.8, 4) is 0 Å². The van der Waals surface area contributed by atoms with Gasteiger partial charge < -0.3 is 10.6 Å². The molecule has 3 aromatic carbocycles. The molecule has 154 valence electrons. The van der Waals surface area contributed by atoms with E-state index in [1.165, 1.54) is 16.4 Å². The molecule has 0 aromatic heterocycles. The van der Waals surface area contributed by atoms with E-state index in [0.29, 0.717) is 30.0 Å². The highest BCUT2D eigenvalue weighted by Crippen LogP contribution is 2.35. The van der Waals surface area contributed by atoms with Crippen molar-refractivity contribution < 1.29 is 17.6 Å². The molecule has 0 aliphatic carbocycles. The number of anilines is 3. The number of fused-ring (bicyclic) bond motifs is 1. The summed E-state index contributed by atoms with van der Waals surface area (Å²) in [6.45, 7) is 0.330. The molecule has 0 radical (unpaired) electrons. The highest BCUT2D eigenvalue weighted by molar-refractivity contribution is 7.92. The zero-order valence-electron chi connectivity index (χ0n) is 15.6. The van der Waals surface area contributed by atoms with Crippen molar-refractivity contribution in [3.05, 3.63) is 83.1 Å². The van der Waals surface area contributed by atoms with Crippen LogP contribution >= 0.6 is 11.6 Å². The third-order valence-corrected chi connectivity index (χ3v) is 6.82. The molecule has 4 rings (SSSR count). The third kappa shape index (κ3) is 3.96. The number of carbonyl (C=O) groups excluding carboxylic acids is 1. The van der Waals surface area contributed by atoms with Gasteiger partial charge >= 0.3 is 6.03 Å². The summed E-state index contributed by atoms with van der Waals surface area (Å²) in [5, 5.41) is 5.11. The molecule has 9 heteroatoms. The maximum atomic E-state index is 13.3. The molecule has 0 saturated carbocycles. The summed E-state index contributed by atoms with van der Waals surface area (Å²) in [5.74, 6) is -0.582. The van der Waals surface area contributed by atoms with Gasteiger partial charge in [-0.05, 0) is 54.4 Å². The lowest BCUT2D eigenvalue weighted by molar-refractivity contribution is 0.262. The average Bonchev–Trinajstić information content (AvgIpc) is 3.15. The first kappa shape index (κ1) is 20.2. The monoisotopic (exact) mass is 445 g/mol. The van der Waals surface area contributed by atoms with E-state index >= 15 is 0 Å². The zero-order chi connectivity index (χ0) is 21.3. The number of hydrogen-bond donors (Lipinski definition) is 2. The minimum Gasteiger partial charge on any atom is -0.308 e. The van der Waals surface area contributed by atoms with Crippen LogP contribution in [0.5, 0.6) is 0 Å². The van der Waals surface area contributed by atoms with E-state index in [1.54, 1.807) is 48.5 Å². The second-order valence-corrected chi connectivity index (χ2v) is 8.96. The van der Waals surface area contributed by atoms with E-state index in [9.17, 15) is 17.6 Å². The summed E-state index contributed by atoms with van der Waals surface area (Å²) in [6, 6.07) is 16.6. The Hall–Kier alpha value is -3.10. The van der Waals surface area contributed by atoms with Gasteiger partial charge in [0.25, 0.3) is 10.0 Å². The molecule has 0 spiro atoms. The minimum atomic E-state index is -3.70. The van der Waals surface area contributed by atoms with Gasteiger partial charge in [-0.1, -0.05) is 35.9 Å². The largest absolute Gasteiger partial charge is 0.323 e. The molecule has 3 aromatic rings. The topological polar surface area (TPSA) is 78.5 Å². The summed E-state index contributed by atoms with van der Waals surface area (Å²) in [4.78, 5) is 12.5. The van der Waals surface area contributed by atoms with E-state index in [0.717, 1.165) is 11.6 Å². The molecule has 2 N–H and O–H groups in total. The summed E-state index contributed by atoms with van der Waals surface area (Å²) in [7, 11) is -3.70. The van der Waals surface area contributed by atoms with Crippen LogP contribution in [0.15, 0.2) is 71.6 Å². The summed E-state index contributed by atoms with van der Waals surface area (Å²) >= 11 is 5.72. The smallest absolute Gasteiger partial charge is 0.308 e. The first-order chi connectivity index (χ1) is 14.3. The molecule has 0 saturated heterocycles. The number of amides is 2. The van der Waals surface area contributed by atoms with Gasteiger partial charge in [0.2, 0.25) is 0 Å². The standard InChI is InChI=1S/C21H17ClFN3O3S/c22-18-12-15(8-9-19(18)23)24-21(27)25-16-7-6-14-10-11-26(20(14)13-16)30(28,29)17-4-2-1-3-5-17/h1-9,12-13H,10-11H2,(H2,24,25,27). The number of nitrogens with zero attached hydrogens (tertiary/aromatic N) is 1. The van der Waals surface area contributed by atoms with Crippen molar-refractivity contribution in [2.24, 2.45) is 0 Å². The predicted octanol–water partition coefficient (Wildman–Crippen LogP) is 4.87. The van der Waals surface area contributed by atoms with Crippen LogP contribution in [0.25, 0.3) is 0 Å². The Kier molecular flexibility index (Phi) is 5.36.